The molecule has 1 atom stereocenters. The summed E-state index contributed by atoms with van der Waals surface area (Å²) in [5.41, 5.74) is 4.05. The third-order valence-corrected chi connectivity index (χ3v) is 5.86. The third kappa shape index (κ3) is 4.05. The summed E-state index contributed by atoms with van der Waals surface area (Å²) in [5.74, 6) is 1.83. The van der Waals surface area contributed by atoms with Gasteiger partial charge >= 0.3 is 0 Å². The molecule has 0 spiro atoms. The first-order valence-electron chi connectivity index (χ1n) is 10.9. The number of carbonyl (C=O) groups excluding carboxylic acids is 1. The number of furan rings is 1. The van der Waals surface area contributed by atoms with Crippen LogP contribution in [0.5, 0.6) is 17.2 Å². The molecule has 9 nitrogen and oxygen atoms in total. The Morgan fingerprint density at radius 2 is 1.80 bits per heavy atom. The highest BCUT2D eigenvalue weighted by atomic mass is 16.7. The second-order valence-corrected chi connectivity index (χ2v) is 7.95. The molecule has 1 aliphatic rings. The van der Waals surface area contributed by atoms with Crippen molar-refractivity contribution in [3.63, 3.8) is 0 Å². The number of pyridine rings is 1. The fraction of sp³-hybridized carbons (Fsp3) is 0.231. The maximum absolute atomic E-state index is 12.7. The standard InChI is InChI=1S/C26H24N2O7/c1-31-22-10-17(11-23(32-2)25(22)33-3)21-12-20-24(34-21)19(7-8-27-20)15-5-4-6-16(9-15)26(30)28-13-18(14-29)35-28/h4-12,18,29H,13-14H2,1-3H3/t18-/m1/s1. The highest BCUT2D eigenvalue weighted by Gasteiger charge is 2.32. The van der Waals surface area contributed by atoms with Crippen LogP contribution >= 0.6 is 0 Å². The molecule has 9 heteroatoms. The number of aliphatic hydroxyl groups excluding tert-OH is 1. The minimum Gasteiger partial charge on any atom is -0.493 e. The number of hydrogen-bond acceptors (Lipinski definition) is 8. The largest absolute Gasteiger partial charge is 0.493 e. The van der Waals surface area contributed by atoms with Gasteiger partial charge in [0.15, 0.2) is 17.1 Å². The molecule has 3 heterocycles. The van der Waals surface area contributed by atoms with Crippen LogP contribution in [0.3, 0.4) is 0 Å². The van der Waals surface area contributed by atoms with E-state index in [-0.39, 0.29) is 18.6 Å². The van der Waals surface area contributed by atoms with E-state index in [4.69, 9.17) is 28.6 Å². The lowest BCUT2D eigenvalue weighted by molar-refractivity contribution is -0.268. The molecule has 0 saturated carbocycles. The van der Waals surface area contributed by atoms with Crippen molar-refractivity contribution in [3.05, 3.63) is 60.3 Å². The smallest absolute Gasteiger partial charge is 0.277 e. The van der Waals surface area contributed by atoms with Gasteiger partial charge < -0.3 is 23.7 Å². The van der Waals surface area contributed by atoms with E-state index in [1.165, 1.54) is 5.06 Å². The predicted molar refractivity (Wildman–Crippen MR) is 128 cm³/mol. The van der Waals surface area contributed by atoms with E-state index in [0.29, 0.717) is 46.2 Å². The Kier molecular flexibility index (Phi) is 6.02. The quantitative estimate of drug-likeness (QED) is 0.428. The highest BCUT2D eigenvalue weighted by molar-refractivity contribution is 5.97. The summed E-state index contributed by atoms with van der Waals surface area (Å²) in [5, 5.41) is 10.4. The minimum absolute atomic E-state index is 0.119. The van der Waals surface area contributed by atoms with Crippen LogP contribution in [-0.2, 0) is 4.84 Å². The van der Waals surface area contributed by atoms with Gasteiger partial charge in [-0.3, -0.25) is 14.6 Å². The Morgan fingerprint density at radius 1 is 1.06 bits per heavy atom. The van der Waals surface area contributed by atoms with Crippen molar-refractivity contribution in [1.82, 2.24) is 10.0 Å². The van der Waals surface area contributed by atoms with Gasteiger partial charge in [0, 0.05) is 29.0 Å². The number of aromatic nitrogens is 1. The van der Waals surface area contributed by atoms with Crippen LogP contribution in [0.4, 0.5) is 0 Å². The predicted octanol–water partition coefficient (Wildman–Crippen LogP) is 3.94. The number of amides is 1. The SMILES string of the molecule is COc1cc(-c2cc3nccc(-c4cccc(C(=O)N5C[C@H](CO)O5)c4)c3o2)cc(OC)c1OC. The molecule has 35 heavy (non-hydrogen) atoms. The first-order valence-corrected chi connectivity index (χ1v) is 10.9. The summed E-state index contributed by atoms with van der Waals surface area (Å²) in [6.07, 6.45) is 1.36. The minimum atomic E-state index is -0.335. The molecule has 1 N–H and O–H groups in total. The Balaban J connectivity index is 1.53. The Labute approximate surface area is 201 Å². The van der Waals surface area contributed by atoms with Crippen LogP contribution < -0.4 is 14.2 Å². The van der Waals surface area contributed by atoms with Crippen LogP contribution in [0, 0.1) is 0 Å². The van der Waals surface area contributed by atoms with Crippen LogP contribution in [-0.4, -0.2) is 61.6 Å². The van der Waals surface area contributed by atoms with Crippen LogP contribution in [0.25, 0.3) is 33.6 Å². The summed E-state index contributed by atoms with van der Waals surface area (Å²) < 4.78 is 22.6. The average Bonchev–Trinajstić information content (AvgIpc) is 3.31. The number of rotatable bonds is 7. The van der Waals surface area contributed by atoms with Gasteiger partial charge in [-0.25, -0.2) is 5.06 Å². The van der Waals surface area contributed by atoms with Crippen molar-refractivity contribution in [2.45, 2.75) is 6.10 Å². The Bertz CT molecular complexity index is 1370. The molecule has 4 aromatic rings. The lowest BCUT2D eigenvalue weighted by atomic mass is 10.0. The second kappa shape index (κ2) is 9.28. The van der Waals surface area contributed by atoms with Crippen molar-refractivity contribution in [1.29, 1.82) is 0 Å². The van der Waals surface area contributed by atoms with Crippen molar-refractivity contribution >= 4 is 17.0 Å². The number of nitrogens with zero attached hydrogens (tertiary/aromatic N) is 2. The molecule has 1 saturated heterocycles. The second-order valence-electron chi connectivity index (χ2n) is 7.95. The molecule has 2 aromatic heterocycles. The summed E-state index contributed by atoms with van der Waals surface area (Å²) in [4.78, 5) is 22.5. The maximum Gasteiger partial charge on any atom is 0.277 e. The summed E-state index contributed by atoms with van der Waals surface area (Å²) in [7, 11) is 4.67. The van der Waals surface area contributed by atoms with Crippen molar-refractivity contribution in [2.75, 3.05) is 34.5 Å². The lowest BCUT2D eigenvalue weighted by Crippen LogP contribution is -2.52. The summed E-state index contributed by atoms with van der Waals surface area (Å²) in [6.45, 7) is 0.237. The van der Waals surface area contributed by atoms with Gasteiger partial charge in [0.05, 0.1) is 34.5 Å². The van der Waals surface area contributed by atoms with Crippen LogP contribution in [0.1, 0.15) is 10.4 Å². The van der Waals surface area contributed by atoms with E-state index in [9.17, 15) is 4.79 Å². The first-order chi connectivity index (χ1) is 17.1. The van der Waals surface area contributed by atoms with Crippen molar-refractivity contribution < 1.29 is 33.4 Å². The zero-order valence-electron chi connectivity index (χ0n) is 19.5. The highest BCUT2D eigenvalue weighted by Crippen LogP contribution is 2.42. The van der Waals surface area contributed by atoms with Gasteiger partial charge in [-0.05, 0) is 35.9 Å². The van der Waals surface area contributed by atoms with E-state index in [1.54, 1.807) is 45.7 Å². The van der Waals surface area contributed by atoms with Gasteiger partial charge in [-0.15, -0.1) is 0 Å². The van der Waals surface area contributed by atoms with E-state index in [1.807, 2.05) is 30.3 Å². The molecule has 0 bridgehead atoms. The molecular weight excluding hydrogens is 452 g/mol. The Morgan fingerprint density at radius 3 is 2.46 bits per heavy atom. The van der Waals surface area contributed by atoms with Gasteiger partial charge in [0.1, 0.15) is 17.4 Å². The fourth-order valence-corrected chi connectivity index (χ4v) is 4.07. The van der Waals surface area contributed by atoms with Gasteiger partial charge in [0.2, 0.25) is 5.75 Å². The number of hydroxylamine groups is 2. The molecule has 0 unspecified atom stereocenters. The fourth-order valence-electron chi connectivity index (χ4n) is 4.07. The third-order valence-electron chi connectivity index (χ3n) is 5.86. The molecule has 180 valence electrons. The van der Waals surface area contributed by atoms with E-state index in [2.05, 4.69) is 4.98 Å². The van der Waals surface area contributed by atoms with Crippen LogP contribution in [0.2, 0.25) is 0 Å². The van der Waals surface area contributed by atoms with Gasteiger partial charge in [-0.2, -0.15) is 0 Å². The molecular formula is C26H24N2O7. The molecule has 1 aliphatic heterocycles. The van der Waals surface area contributed by atoms with Crippen LogP contribution in [0.15, 0.2) is 59.1 Å². The Hall–Kier alpha value is -4.08. The number of fused-ring (bicyclic) bond motifs is 1. The number of aliphatic hydroxyl groups is 1. The summed E-state index contributed by atoms with van der Waals surface area (Å²) in [6, 6.07) is 14.5. The van der Waals surface area contributed by atoms with Crippen molar-refractivity contribution in [3.8, 4) is 39.7 Å². The van der Waals surface area contributed by atoms with Gasteiger partial charge in [0.25, 0.3) is 5.91 Å². The molecule has 2 aromatic carbocycles. The number of benzene rings is 2. The normalized spacial score (nSPS) is 15.1. The number of carbonyl (C=O) groups is 1. The molecule has 0 aliphatic carbocycles. The molecule has 1 fully saturated rings. The molecule has 0 radical (unpaired) electrons. The maximum atomic E-state index is 12.7. The lowest BCUT2D eigenvalue weighted by Gasteiger charge is -2.36. The molecule has 5 rings (SSSR count). The molecule has 1 amide bonds. The zero-order chi connectivity index (χ0) is 24.5. The van der Waals surface area contributed by atoms with Crippen molar-refractivity contribution in [2.24, 2.45) is 0 Å². The van der Waals surface area contributed by atoms with E-state index >= 15 is 0 Å². The topological polar surface area (TPSA) is 103 Å². The van der Waals surface area contributed by atoms with E-state index < -0.39 is 0 Å². The number of ether oxygens (including phenoxy) is 3. The first kappa shape index (κ1) is 22.7. The number of hydrogen-bond donors (Lipinski definition) is 1. The average molecular weight is 476 g/mol. The number of methoxy groups -OCH3 is 3. The van der Waals surface area contributed by atoms with E-state index in [0.717, 1.165) is 16.7 Å². The monoisotopic (exact) mass is 476 g/mol. The zero-order valence-corrected chi connectivity index (χ0v) is 19.5. The summed E-state index contributed by atoms with van der Waals surface area (Å²) >= 11 is 0. The van der Waals surface area contributed by atoms with Gasteiger partial charge in [-0.1, -0.05) is 12.1 Å².